The standard InChI is InChI=1S/C24H25FN6O2/c1-32-20-8-6-19(7-9-20)31-14-12-30(13-15-31)11-10-26-23-21-22(17-2-4-18(25)5-3-17)29-33-24(21)28-16-27-23/h2-9,16H,10-15H2,1H3,(H,26,27,28). The van der Waals surface area contributed by atoms with Gasteiger partial charge in [0.2, 0.25) is 0 Å². The molecule has 3 heterocycles. The molecule has 0 spiro atoms. The van der Waals surface area contributed by atoms with Crippen LogP contribution in [0, 0.1) is 5.82 Å². The Morgan fingerprint density at radius 2 is 1.76 bits per heavy atom. The molecule has 0 amide bonds. The minimum atomic E-state index is -0.298. The smallest absolute Gasteiger partial charge is 0.263 e. The van der Waals surface area contributed by atoms with Crippen LogP contribution in [0.4, 0.5) is 15.9 Å². The monoisotopic (exact) mass is 448 g/mol. The van der Waals surface area contributed by atoms with Gasteiger partial charge in [-0.3, -0.25) is 4.90 Å². The Balaban J connectivity index is 1.20. The van der Waals surface area contributed by atoms with Gasteiger partial charge in [-0.05, 0) is 48.5 Å². The molecule has 1 aliphatic rings. The van der Waals surface area contributed by atoms with Crippen molar-refractivity contribution in [2.75, 3.05) is 56.6 Å². The number of nitrogens with zero attached hydrogens (tertiary/aromatic N) is 5. The van der Waals surface area contributed by atoms with E-state index in [9.17, 15) is 4.39 Å². The van der Waals surface area contributed by atoms with Crippen LogP contribution in [0.25, 0.3) is 22.4 Å². The maximum absolute atomic E-state index is 13.3. The van der Waals surface area contributed by atoms with Gasteiger partial charge in [0.25, 0.3) is 5.71 Å². The topological polar surface area (TPSA) is 79.5 Å². The molecule has 0 bridgehead atoms. The average Bonchev–Trinajstić information content (AvgIpc) is 3.30. The lowest BCUT2D eigenvalue weighted by molar-refractivity contribution is 0.267. The van der Waals surface area contributed by atoms with Gasteiger partial charge in [-0.2, -0.15) is 4.98 Å². The van der Waals surface area contributed by atoms with Gasteiger partial charge in [-0.25, -0.2) is 9.37 Å². The van der Waals surface area contributed by atoms with Crippen molar-refractivity contribution < 1.29 is 13.7 Å². The maximum atomic E-state index is 13.3. The van der Waals surface area contributed by atoms with Gasteiger partial charge in [-0.15, -0.1) is 0 Å². The first-order valence-electron chi connectivity index (χ1n) is 10.9. The first kappa shape index (κ1) is 21.1. The van der Waals surface area contributed by atoms with E-state index in [1.54, 1.807) is 19.2 Å². The van der Waals surface area contributed by atoms with Crippen molar-refractivity contribution in [2.45, 2.75) is 0 Å². The second kappa shape index (κ2) is 9.41. The van der Waals surface area contributed by atoms with E-state index in [2.05, 4.69) is 42.4 Å². The number of piperazine rings is 1. The molecule has 8 nitrogen and oxygen atoms in total. The molecule has 9 heteroatoms. The molecule has 4 aromatic rings. The zero-order valence-electron chi connectivity index (χ0n) is 18.4. The van der Waals surface area contributed by atoms with E-state index in [0.29, 0.717) is 22.6 Å². The number of halogens is 1. The maximum Gasteiger partial charge on any atom is 0.263 e. The normalized spacial score (nSPS) is 14.5. The van der Waals surface area contributed by atoms with Crippen molar-refractivity contribution in [2.24, 2.45) is 0 Å². The summed E-state index contributed by atoms with van der Waals surface area (Å²) in [6.45, 7) is 5.54. The van der Waals surface area contributed by atoms with E-state index in [0.717, 1.165) is 50.6 Å². The summed E-state index contributed by atoms with van der Waals surface area (Å²) in [6.07, 6.45) is 1.46. The molecule has 170 valence electrons. The number of aromatic nitrogens is 3. The Bertz CT molecular complexity index is 1200. The number of benzene rings is 2. The summed E-state index contributed by atoms with van der Waals surface area (Å²) in [6, 6.07) is 14.4. The number of methoxy groups -OCH3 is 1. The molecule has 1 saturated heterocycles. The molecule has 0 aliphatic carbocycles. The van der Waals surface area contributed by atoms with Crippen molar-refractivity contribution in [3.05, 3.63) is 60.7 Å². The van der Waals surface area contributed by atoms with E-state index >= 15 is 0 Å². The highest BCUT2D eigenvalue weighted by Crippen LogP contribution is 2.31. The molecule has 0 radical (unpaired) electrons. The van der Waals surface area contributed by atoms with E-state index in [4.69, 9.17) is 9.26 Å². The third kappa shape index (κ3) is 4.58. The Morgan fingerprint density at radius 1 is 1.00 bits per heavy atom. The van der Waals surface area contributed by atoms with Crippen LogP contribution in [-0.4, -0.2) is 66.4 Å². The SMILES string of the molecule is COc1ccc(N2CCN(CCNc3ncnc4onc(-c5ccc(F)cc5)c34)CC2)cc1. The number of hydrogen-bond donors (Lipinski definition) is 1. The molecule has 0 unspecified atom stereocenters. The van der Waals surface area contributed by atoms with Crippen molar-refractivity contribution >= 4 is 22.6 Å². The molecule has 0 saturated carbocycles. The summed E-state index contributed by atoms with van der Waals surface area (Å²) in [4.78, 5) is 13.4. The summed E-state index contributed by atoms with van der Waals surface area (Å²) >= 11 is 0. The lowest BCUT2D eigenvalue weighted by Gasteiger charge is -2.36. The zero-order chi connectivity index (χ0) is 22.6. The summed E-state index contributed by atoms with van der Waals surface area (Å²) < 4.78 is 23.9. The van der Waals surface area contributed by atoms with E-state index in [1.807, 2.05) is 12.1 Å². The first-order chi connectivity index (χ1) is 16.2. The predicted molar refractivity (Wildman–Crippen MR) is 125 cm³/mol. The van der Waals surface area contributed by atoms with Crippen molar-refractivity contribution in [3.8, 4) is 17.0 Å². The van der Waals surface area contributed by atoms with Gasteiger partial charge in [-0.1, -0.05) is 5.16 Å². The first-order valence-corrected chi connectivity index (χ1v) is 10.9. The number of anilines is 2. The third-order valence-corrected chi connectivity index (χ3v) is 5.92. The summed E-state index contributed by atoms with van der Waals surface area (Å²) in [5.74, 6) is 1.24. The molecule has 1 aliphatic heterocycles. The lowest BCUT2D eigenvalue weighted by Crippen LogP contribution is -2.47. The number of nitrogens with one attached hydrogen (secondary N) is 1. The largest absolute Gasteiger partial charge is 0.497 e. The van der Waals surface area contributed by atoms with Crippen molar-refractivity contribution in [1.82, 2.24) is 20.0 Å². The zero-order valence-corrected chi connectivity index (χ0v) is 18.4. The van der Waals surface area contributed by atoms with Crippen molar-refractivity contribution in [1.29, 1.82) is 0 Å². The third-order valence-electron chi connectivity index (χ3n) is 5.92. The minimum Gasteiger partial charge on any atom is -0.497 e. The Kier molecular flexibility index (Phi) is 6.03. The number of ether oxygens (including phenoxy) is 1. The molecule has 0 atom stereocenters. The fourth-order valence-corrected chi connectivity index (χ4v) is 4.08. The second-order valence-corrected chi connectivity index (χ2v) is 7.89. The van der Waals surface area contributed by atoms with E-state index in [-0.39, 0.29) is 5.82 Å². The fourth-order valence-electron chi connectivity index (χ4n) is 4.08. The van der Waals surface area contributed by atoms with Gasteiger partial charge in [0.15, 0.2) is 0 Å². The molecule has 2 aromatic heterocycles. The number of hydrogen-bond acceptors (Lipinski definition) is 8. The van der Waals surface area contributed by atoms with Crippen molar-refractivity contribution in [3.63, 3.8) is 0 Å². The molecular formula is C24H25FN6O2. The second-order valence-electron chi connectivity index (χ2n) is 7.89. The van der Waals surface area contributed by atoms with E-state index < -0.39 is 0 Å². The highest BCUT2D eigenvalue weighted by molar-refractivity contribution is 5.97. The highest BCUT2D eigenvalue weighted by Gasteiger charge is 2.19. The molecule has 1 fully saturated rings. The Labute approximate surface area is 191 Å². The van der Waals surface area contributed by atoms with E-state index in [1.165, 1.54) is 24.1 Å². The fraction of sp³-hybridized carbons (Fsp3) is 0.292. The molecular weight excluding hydrogens is 423 g/mol. The highest BCUT2D eigenvalue weighted by atomic mass is 19.1. The summed E-state index contributed by atoms with van der Waals surface area (Å²) in [5, 5.41) is 8.24. The van der Waals surface area contributed by atoms with Crippen LogP contribution in [0.3, 0.4) is 0 Å². The van der Waals surface area contributed by atoms with Crippen LogP contribution in [0.5, 0.6) is 5.75 Å². The molecule has 2 aromatic carbocycles. The minimum absolute atomic E-state index is 0.298. The van der Waals surface area contributed by atoms with Gasteiger partial charge >= 0.3 is 0 Å². The number of rotatable bonds is 7. The molecule has 33 heavy (non-hydrogen) atoms. The van der Waals surface area contributed by atoms with Crippen LogP contribution in [0.2, 0.25) is 0 Å². The molecule has 5 rings (SSSR count). The van der Waals surface area contributed by atoms with Gasteiger partial charge in [0.05, 0.1) is 7.11 Å². The molecule has 1 N–H and O–H groups in total. The summed E-state index contributed by atoms with van der Waals surface area (Å²) in [5.41, 5.74) is 2.97. The average molecular weight is 449 g/mol. The van der Waals surface area contributed by atoms with Crippen LogP contribution in [0.15, 0.2) is 59.4 Å². The summed E-state index contributed by atoms with van der Waals surface area (Å²) in [7, 11) is 1.68. The Hall–Kier alpha value is -3.72. The van der Waals surface area contributed by atoms with Crippen LogP contribution >= 0.6 is 0 Å². The van der Waals surface area contributed by atoms with Gasteiger partial charge in [0.1, 0.15) is 34.8 Å². The van der Waals surface area contributed by atoms with Crippen LogP contribution < -0.4 is 15.0 Å². The van der Waals surface area contributed by atoms with Crippen LogP contribution in [-0.2, 0) is 0 Å². The van der Waals surface area contributed by atoms with Gasteiger partial charge < -0.3 is 19.5 Å². The number of fused-ring (bicyclic) bond motifs is 1. The van der Waals surface area contributed by atoms with Crippen LogP contribution in [0.1, 0.15) is 0 Å². The Morgan fingerprint density at radius 3 is 2.48 bits per heavy atom. The lowest BCUT2D eigenvalue weighted by atomic mass is 10.1. The predicted octanol–water partition coefficient (Wildman–Crippen LogP) is 3.67. The quantitative estimate of drug-likeness (QED) is 0.459. The van der Waals surface area contributed by atoms with Gasteiger partial charge in [0, 0.05) is 50.5 Å².